The number of hydrogen-bond donors (Lipinski definition) is 3. The minimum Gasteiger partial charge on any atom is -0.388 e. The van der Waals surface area contributed by atoms with E-state index < -0.39 is 5.60 Å². The third kappa shape index (κ3) is 4.12. The first-order valence-corrected chi connectivity index (χ1v) is 6.11. The second-order valence-electron chi connectivity index (χ2n) is 4.31. The van der Waals surface area contributed by atoms with E-state index in [1.807, 2.05) is 13.8 Å². The lowest BCUT2D eigenvalue weighted by Gasteiger charge is -2.25. The van der Waals surface area contributed by atoms with Crippen molar-refractivity contribution in [3.8, 4) is 0 Å². The molecule has 1 rings (SSSR count). The van der Waals surface area contributed by atoms with Gasteiger partial charge in [0, 0.05) is 19.7 Å². The Morgan fingerprint density at radius 3 is 2.61 bits per heavy atom. The molecule has 0 aromatic carbocycles. The smallest absolute Gasteiger partial charge is 0.158 e. The molecule has 4 N–H and O–H groups in total. The molecule has 1 aromatic rings. The lowest BCUT2D eigenvalue weighted by molar-refractivity contribution is 0.0456. The summed E-state index contributed by atoms with van der Waals surface area (Å²) in [6, 6.07) is 1.64. The topological polar surface area (TPSA) is 93.3 Å². The highest BCUT2D eigenvalue weighted by molar-refractivity contribution is 5.44. The minimum atomic E-state index is -0.721. The highest BCUT2D eigenvalue weighted by atomic mass is 16.5. The third-order valence-corrected chi connectivity index (χ3v) is 2.98. The quantitative estimate of drug-likeness (QED) is 0.676. The van der Waals surface area contributed by atoms with Crippen molar-refractivity contribution >= 4 is 11.6 Å². The molecule has 0 atom stereocenters. The Labute approximate surface area is 108 Å². The maximum atomic E-state index is 10.2. The molecular weight excluding hydrogens is 232 g/mol. The van der Waals surface area contributed by atoms with Crippen LogP contribution in [-0.4, -0.2) is 34.3 Å². The van der Waals surface area contributed by atoms with E-state index in [9.17, 15) is 5.11 Å². The van der Waals surface area contributed by atoms with E-state index in [-0.39, 0.29) is 0 Å². The van der Waals surface area contributed by atoms with Gasteiger partial charge in [0.15, 0.2) is 5.82 Å². The van der Waals surface area contributed by atoms with Crippen LogP contribution in [0.15, 0.2) is 6.07 Å². The maximum Gasteiger partial charge on any atom is 0.158 e. The number of ether oxygens (including phenoxy) is 1. The van der Waals surface area contributed by atoms with Crippen LogP contribution in [0.1, 0.15) is 32.5 Å². The van der Waals surface area contributed by atoms with Crippen LogP contribution in [0.25, 0.3) is 0 Å². The Kier molecular flexibility index (Phi) is 5.30. The van der Waals surface area contributed by atoms with Crippen molar-refractivity contribution in [1.29, 1.82) is 0 Å². The predicted octanol–water partition coefficient (Wildman–Crippen LogP) is 1.17. The molecule has 0 radical (unpaired) electrons. The molecule has 1 aromatic heterocycles. The average molecular weight is 254 g/mol. The molecule has 102 valence electrons. The molecule has 6 nitrogen and oxygen atoms in total. The maximum absolute atomic E-state index is 10.2. The van der Waals surface area contributed by atoms with Crippen molar-refractivity contribution in [2.75, 3.05) is 24.7 Å². The second-order valence-corrected chi connectivity index (χ2v) is 4.31. The summed E-state index contributed by atoms with van der Waals surface area (Å²) in [5.41, 5.74) is 4.96. The molecule has 6 heteroatoms. The number of methoxy groups -OCH3 is 1. The standard InChI is InChI=1S/C12H22N4O2/c1-4-12(17,5-2)8-14-10-6-9(13)15-11(16-10)7-18-3/h6,17H,4-5,7-8H2,1-3H3,(H3,13,14,15,16). The van der Waals surface area contributed by atoms with Crippen LogP contribution in [0.2, 0.25) is 0 Å². The number of aromatic nitrogens is 2. The van der Waals surface area contributed by atoms with Gasteiger partial charge in [-0.2, -0.15) is 0 Å². The Morgan fingerprint density at radius 2 is 2.06 bits per heavy atom. The van der Waals surface area contributed by atoms with E-state index in [1.54, 1.807) is 13.2 Å². The summed E-state index contributed by atoms with van der Waals surface area (Å²) in [4.78, 5) is 8.30. The molecule has 0 spiro atoms. The summed E-state index contributed by atoms with van der Waals surface area (Å²) >= 11 is 0. The molecule has 0 saturated carbocycles. The largest absolute Gasteiger partial charge is 0.388 e. The molecule has 0 bridgehead atoms. The van der Waals surface area contributed by atoms with Gasteiger partial charge < -0.3 is 20.9 Å². The van der Waals surface area contributed by atoms with E-state index in [0.717, 1.165) is 0 Å². The highest BCUT2D eigenvalue weighted by Crippen LogP contribution is 2.16. The van der Waals surface area contributed by atoms with Crippen LogP contribution in [-0.2, 0) is 11.3 Å². The minimum absolute atomic E-state index is 0.311. The van der Waals surface area contributed by atoms with Crippen LogP contribution >= 0.6 is 0 Å². The summed E-state index contributed by atoms with van der Waals surface area (Å²) in [6.45, 7) is 4.65. The molecule has 0 aliphatic carbocycles. The van der Waals surface area contributed by atoms with Gasteiger partial charge in [-0.05, 0) is 12.8 Å². The number of nitrogens with two attached hydrogens (primary N) is 1. The normalized spacial score (nSPS) is 11.6. The summed E-state index contributed by atoms with van der Waals surface area (Å²) in [5.74, 6) is 1.52. The first kappa shape index (κ1) is 14.7. The van der Waals surface area contributed by atoms with Crippen LogP contribution in [0.5, 0.6) is 0 Å². The zero-order valence-corrected chi connectivity index (χ0v) is 11.2. The number of nitrogen functional groups attached to an aromatic ring is 1. The van der Waals surface area contributed by atoms with Gasteiger partial charge in [-0.3, -0.25) is 0 Å². The Balaban J connectivity index is 2.72. The lowest BCUT2D eigenvalue weighted by Crippen LogP contribution is -2.35. The third-order valence-electron chi connectivity index (χ3n) is 2.98. The van der Waals surface area contributed by atoms with E-state index in [2.05, 4.69) is 15.3 Å². The van der Waals surface area contributed by atoms with Crippen LogP contribution in [0.4, 0.5) is 11.6 Å². The van der Waals surface area contributed by atoms with Crippen molar-refractivity contribution < 1.29 is 9.84 Å². The number of nitrogens with zero attached hydrogens (tertiary/aromatic N) is 2. The van der Waals surface area contributed by atoms with Gasteiger partial charge in [0.25, 0.3) is 0 Å². The van der Waals surface area contributed by atoms with Crippen LogP contribution in [0.3, 0.4) is 0 Å². The highest BCUT2D eigenvalue weighted by Gasteiger charge is 2.21. The monoisotopic (exact) mass is 254 g/mol. The van der Waals surface area contributed by atoms with Gasteiger partial charge >= 0.3 is 0 Å². The van der Waals surface area contributed by atoms with Gasteiger partial charge in [0.1, 0.15) is 18.2 Å². The van der Waals surface area contributed by atoms with Crippen molar-refractivity contribution in [1.82, 2.24) is 9.97 Å². The van der Waals surface area contributed by atoms with Crippen molar-refractivity contribution in [3.63, 3.8) is 0 Å². The number of rotatable bonds is 7. The molecule has 0 aliphatic rings. The number of hydrogen-bond acceptors (Lipinski definition) is 6. The lowest BCUT2D eigenvalue weighted by atomic mass is 9.98. The summed E-state index contributed by atoms with van der Waals surface area (Å²) in [6.07, 6.45) is 1.37. The fourth-order valence-electron chi connectivity index (χ4n) is 1.56. The first-order valence-electron chi connectivity index (χ1n) is 6.11. The molecular formula is C12H22N4O2. The predicted molar refractivity (Wildman–Crippen MR) is 71.2 cm³/mol. The molecule has 1 heterocycles. The van der Waals surface area contributed by atoms with Gasteiger partial charge in [0.2, 0.25) is 0 Å². The van der Waals surface area contributed by atoms with E-state index in [1.165, 1.54) is 0 Å². The Hall–Kier alpha value is -1.40. The van der Waals surface area contributed by atoms with Gasteiger partial charge in [-0.15, -0.1) is 0 Å². The summed E-state index contributed by atoms with van der Waals surface area (Å²) in [5, 5.41) is 13.3. The number of anilines is 2. The van der Waals surface area contributed by atoms with Crippen molar-refractivity contribution in [2.45, 2.75) is 38.9 Å². The average Bonchev–Trinajstić information content (AvgIpc) is 2.36. The summed E-state index contributed by atoms with van der Waals surface area (Å²) in [7, 11) is 1.58. The van der Waals surface area contributed by atoms with E-state index >= 15 is 0 Å². The SMILES string of the molecule is CCC(O)(CC)CNc1cc(N)nc(COC)n1. The summed E-state index contributed by atoms with van der Waals surface area (Å²) < 4.78 is 4.97. The Morgan fingerprint density at radius 1 is 1.39 bits per heavy atom. The first-order chi connectivity index (χ1) is 8.53. The van der Waals surface area contributed by atoms with E-state index in [4.69, 9.17) is 10.5 Å². The second kappa shape index (κ2) is 6.51. The van der Waals surface area contributed by atoms with Crippen LogP contribution < -0.4 is 11.1 Å². The number of nitrogens with one attached hydrogen (secondary N) is 1. The van der Waals surface area contributed by atoms with Crippen LogP contribution in [0, 0.1) is 0 Å². The van der Waals surface area contributed by atoms with Gasteiger partial charge in [0.05, 0.1) is 5.60 Å². The molecule has 0 saturated heterocycles. The molecule has 18 heavy (non-hydrogen) atoms. The molecule has 0 fully saturated rings. The zero-order valence-electron chi connectivity index (χ0n) is 11.2. The Bertz CT molecular complexity index is 380. The molecule has 0 amide bonds. The number of aliphatic hydroxyl groups is 1. The van der Waals surface area contributed by atoms with Gasteiger partial charge in [-0.1, -0.05) is 13.8 Å². The van der Waals surface area contributed by atoms with Gasteiger partial charge in [-0.25, -0.2) is 9.97 Å². The van der Waals surface area contributed by atoms with E-state index in [0.29, 0.717) is 43.5 Å². The molecule has 0 aliphatic heterocycles. The molecule has 0 unspecified atom stereocenters. The fourth-order valence-corrected chi connectivity index (χ4v) is 1.56. The van der Waals surface area contributed by atoms with Crippen molar-refractivity contribution in [3.05, 3.63) is 11.9 Å². The fraction of sp³-hybridized carbons (Fsp3) is 0.667. The van der Waals surface area contributed by atoms with Crippen molar-refractivity contribution in [2.24, 2.45) is 0 Å². The zero-order chi connectivity index (χ0) is 13.6.